The maximum atomic E-state index is 14.4. The summed E-state index contributed by atoms with van der Waals surface area (Å²) >= 11 is 0. The van der Waals surface area contributed by atoms with E-state index in [9.17, 15) is 19.1 Å². The van der Waals surface area contributed by atoms with Gasteiger partial charge < -0.3 is 19.9 Å². The largest absolute Gasteiger partial charge is 0.496 e. The van der Waals surface area contributed by atoms with E-state index in [-0.39, 0.29) is 12.0 Å². The Kier molecular flexibility index (Phi) is 8.21. The van der Waals surface area contributed by atoms with Crippen molar-refractivity contribution in [3.8, 4) is 22.6 Å². The number of amides is 1. The van der Waals surface area contributed by atoms with E-state index < -0.39 is 23.7 Å². The molecule has 212 valence electrons. The first-order chi connectivity index (χ1) is 19.8. The molecule has 1 heterocycles. The standard InChI is InChI=1S/C33H33FN2O5/c1-20-8-4-13-26(34)29(20)32(37)35-27(33(38)39)18-21-9-5-11-24-23(21)10-6-12-25(24)30-28(40-2)15-14-22(31(30)41-3)19-36-16-7-17-36/h4-6,8-15,27H,7,16-19H2,1-3H3,(H,35,37)(H,38,39)/t27-/m0/s1. The normalized spacial score (nSPS) is 13.9. The molecule has 0 radical (unpaired) electrons. The maximum Gasteiger partial charge on any atom is 0.326 e. The second-order valence-electron chi connectivity index (χ2n) is 10.3. The van der Waals surface area contributed by atoms with Crippen LogP contribution in [0.15, 0.2) is 66.7 Å². The highest BCUT2D eigenvalue weighted by molar-refractivity contribution is 6.02. The molecule has 5 rings (SSSR count). The SMILES string of the molecule is COc1ccc(CN2CCC2)c(OC)c1-c1cccc2c(C[C@H](NC(=O)c3c(C)cccc3F)C(=O)O)cccc12. The van der Waals surface area contributed by atoms with Gasteiger partial charge in [-0.1, -0.05) is 54.6 Å². The molecule has 7 nitrogen and oxygen atoms in total. The van der Waals surface area contributed by atoms with Crippen molar-refractivity contribution in [1.29, 1.82) is 0 Å². The number of carboxylic acids is 1. The van der Waals surface area contributed by atoms with Crippen LogP contribution in [0.5, 0.6) is 11.5 Å². The average Bonchev–Trinajstić information content (AvgIpc) is 2.93. The van der Waals surface area contributed by atoms with E-state index in [1.807, 2.05) is 48.5 Å². The molecular formula is C33H33FN2O5. The van der Waals surface area contributed by atoms with Crippen LogP contribution in [0.2, 0.25) is 0 Å². The zero-order chi connectivity index (χ0) is 29.1. The van der Waals surface area contributed by atoms with Gasteiger partial charge in [0.1, 0.15) is 23.4 Å². The number of hydrogen-bond donors (Lipinski definition) is 2. The smallest absolute Gasteiger partial charge is 0.326 e. The number of methoxy groups -OCH3 is 2. The number of aliphatic carboxylic acids is 1. The molecule has 1 aliphatic heterocycles. The molecule has 0 saturated carbocycles. The van der Waals surface area contributed by atoms with Crippen molar-refractivity contribution in [3.05, 3.63) is 94.8 Å². The molecule has 0 spiro atoms. The lowest BCUT2D eigenvalue weighted by molar-refractivity contribution is -0.139. The van der Waals surface area contributed by atoms with Crippen molar-refractivity contribution < 1.29 is 28.6 Å². The molecule has 2 N–H and O–H groups in total. The zero-order valence-corrected chi connectivity index (χ0v) is 23.4. The minimum Gasteiger partial charge on any atom is -0.496 e. The second-order valence-corrected chi connectivity index (χ2v) is 10.3. The number of carbonyl (C=O) groups excluding carboxylic acids is 1. The topological polar surface area (TPSA) is 88.1 Å². The van der Waals surface area contributed by atoms with Gasteiger partial charge in [0.25, 0.3) is 5.91 Å². The van der Waals surface area contributed by atoms with Crippen molar-refractivity contribution in [2.24, 2.45) is 0 Å². The average molecular weight is 557 g/mol. The number of ether oxygens (including phenoxy) is 2. The number of hydrogen-bond acceptors (Lipinski definition) is 5. The summed E-state index contributed by atoms with van der Waals surface area (Å²) in [6, 6.07) is 18.6. The first kappa shape index (κ1) is 28.1. The van der Waals surface area contributed by atoms with Crippen LogP contribution in [0.1, 0.15) is 33.5 Å². The van der Waals surface area contributed by atoms with Crippen molar-refractivity contribution in [2.75, 3.05) is 27.3 Å². The van der Waals surface area contributed by atoms with E-state index in [0.29, 0.717) is 11.3 Å². The van der Waals surface area contributed by atoms with E-state index in [4.69, 9.17) is 9.47 Å². The molecule has 41 heavy (non-hydrogen) atoms. The molecule has 1 amide bonds. The quantitative estimate of drug-likeness (QED) is 0.264. The number of nitrogens with one attached hydrogen (secondary N) is 1. The van der Waals surface area contributed by atoms with E-state index in [2.05, 4.69) is 10.2 Å². The number of rotatable bonds is 10. The fourth-order valence-electron chi connectivity index (χ4n) is 5.51. The Hall–Kier alpha value is -4.43. The first-order valence-corrected chi connectivity index (χ1v) is 13.6. The van der Waals surface area contributed by atoms with Gasteiger partial charge in [0.05, 0.1) is 25.3 Å². The van der Waals surface area contributed by atoms with Crippen LogP contribution in [0, 0.1) is 12.7 Å². The number of fused-ring (bicyclic) bond motifs is 1. The van der Waals surface area contributed by atoms with E-state index in [0.717, 1.165) is 58.4 Å². The Morgan fingerprint density at radius 2 is 1.68 bits per heavy atom. The summed E-state index contributed by atoms with van der Waals surface area (Å²) in [5.74, 6) is -1.25. The van der Waals surface area contributed by atoms with E-state index in [1.54, 1.807) is 27.2 Å². The lowest BCUT2D eigenvalue weighted by atomic mass is 9.91. The lowest BCUT2D eigenvalue weighted by Gasteiger charge is -2.31. The molecule has 1 aliphatic rings. The predicted molar refractivity (Wildman–Crippen MR) is 156 cm³/mol. The number of carbonyl (C=O) groups is 2. The van der Waals surface area contributed by atoms with Gasteiger partial charge in [0.15, 0.2) is 0 Å². The van der Waals surface area contributed by atoms with Crippen LogP contribution in [0.25, 0.3) is 21.9 Å². The van der Waals surface area contributed by atoms with Crippen LogP contribution >= 0.6 is 0 Å². The summed E-state index contributed by atoms with van der Waals surface area (Å²) in [7, 11) is 3.28. The summed E-state index contributed by atoms with van der Waals surface area (Å²) in [6.07, 6.45) is 1.20. The summed E-state index contributed by atoms with van der Waals surface area (Å²) in [4.78, 5) is 27.5. The molecule has 4 aromatic rings. The third kappa shape index (κ3) is 5.60. The van der Waals surface area contributed by atoms with Gasteiger partial charge in [0.2, 0.25) is 0 Å². The third-order valence-corrected chi connectivity index (χ3v) is 7.73. The molecule has 0 unspecified atom stereocenters. The van der Waals surface area contributed by atoms with Crippen molar-refractivity contribution in [3.63, 3.8) is 0 Å². The fraction of sp³-hybridized carbons (Fsp3) is 0.273. The van der Waals surface area contributed by atoms with Gasteiger partial charge in [-0.25, -0.2) is 9.18 Å². The number of aryl methyl sites for hydroxylation is 1. The van der Waals surface area contributed by atoms with Gasteiger partial charge in [-0.2, -0.15) is 0 Å². The number of halogens is 1. The zero-order valence-electron chi connectivity index (χ0n) is 23.4. The van der Waals surface area contributed by atoms with E-state index >= 15 is 0 Å². The number of benzene rings is 4. The van der Waals surface area contributed by atoms with Crippen LogP contribution < -0.4 is 14.8 Å². The van der Waals surface area contributed by atoms with Crippen molar-refractivity contribution >= 4 is 22.6 Å². The highest BCUT2D eigenvalue weighted by atomic mass is 19.1. The molecule has 1 fully saturated rings. The van der Waals surface area contributed by atoms with Gasteiger partial charge in [-0.15, -0.1) is 0 Å². The maximum absolute atomic E-state index is 14.4. The summed E-state index contributed by atoms with van der Waals surface area (Å²) < 4.78 is 26.1. The van der Waals surface area contributed by atoms with Crippen molar-refractivity contribution in [1.82, 2.24) is 10.2 Å². The molecular weight excluding hydrogens is 523 g/mol. The molecule has 0 aliphatic carbocycles. The molecule has 0 aromatic heterocycles. The molecule has 0 bridgehead atoms. The third-order valence-electron chi connectivity index (χ3n) is 7.73. The minimum absolute atomic E-state index is 0.0125. The fourth-order valence-corrected chi connectivity index (χ4v) is 5.51. The van der Waals surface area contributed by atoms with Crippen LogP contribution in [0.3, 0.4) is 0 Å². The summed E-state index contributed by atoms with van der Waals surface area (Å²) in [6.45, 7) is 4.50. The monoisotopic (exact) mass is 556 g/mol. The first-order valence-electron chi connectivity index (χ1n) is 13.6. The molecule has 4 aromatic carbocycles. The van der Waals surface area contributed by atoms with Crippen LogP contribution in [0.4, 0.5) is 4.39 Å². The van der Waals surface area contributed by atoms with E-state index in [1.165, 1.54) is 18.6 Å². The highest BCUT2D eigenvalue weighted by Gasteiger charge is 2.26. The Morgan fingerprint density at radius 1 is 0.951 bits per heavy atom. The van der Waals surface area contributed by atoms with Crippen LogP contribution in [-0.4, -0.2) is 55.2 Å². The minimum atomic E-state index is -1.26. The molecule has 8 heteroatoms. The number of carboxylic acid groups (broad SMARTS) is 1. The lowest BCUT2D eigenvalue weighted by Crippen LogP contribution is -2.42. The Balaban J connectivity index is 1.54. The van der Waals surface area contributed by atoms with Gasteiger partial charge in [-0.3, -0.25) is 9.69 Å². The van der Waals surface area contributed by atoms with Gasteiger partial charge in [0, 0.05) is 18.5 Å². The van der Waals surface area contributed by atoms with Gasteiger partial charge >= 0.3 is 5.97 Å². The predicted octanol–water partition coefficient (Wildman–Crippen LogP) is 5.60. The number of likely N-dealkylation sites (tertiary alicyclic amines) is 1. The number of nitrogens with zero attached hydrogens (tertiary/aromatic N) is 1. The molecule has 1 saturated heterocycles. The molecule has 1 atom stereocenters. The summed E-state index contributed by atoms with van der Waals surface area (Å²) in [5.41, 5.74) is 3.79. The van der Waals surface area contributed by atoms with Crippen LogP contribution in [-0.2, 0) is 17.8 Å². The Bertz CT molecular complexity index is 1600. The van der Waals surface area contributed by atoms with Crippen molar-refractivity contribution in [2.45, 2.75) is 32.4 Å². The second kappa shape index (κ2) is 12.0. The Morgan fingerprint density at radius 3 is 2.34 bits per heavy atom. The van der Waals surface area contributed by atoms with Gasteiger partial charge in [-0.05, 0) is 66.0 Å². The highest BCUT2D eigenvalue weighted by Crippen LogP contribution is 2.44. The Labute approximate surface area is 238 Å². The summed E-state index contributed by atoms with van der Waals surface area (Å²) in [5, 5.41) is 14.2.